The number of rotatable bonds is 6. The Kier molecular flexibility index (Phi) is 7.21. The van der Waals surface area contributed by atoms with Gasteiger partial charge in [-0.1, -0.05) is 72.8 Å². The highest BCUT2D eigenvalue weighted by atomic mass is 127. The van der Waals surface area contributed by atoms with Crippen LogP contribution in [0.25, 0.3) is 0 Å². The van der Waals surface area contributed by atoms with Crippen molar-refractivity contribution in [2.24, 2.45) is 0 Å². The molecule has 3 aliphatic rings. The lowest BCUT2D eigenvalue weighted by atomic mass is 9.59. The average molecular weight is 760 g/mol. The molecular weight excluding hydrogens is 738 g/mol. The van der Waals surface area contributed by atoms with Crippen LogP contribution in [-0.4, -0.2) is 23.9 Å². The monoisotopic (exact) mass is 760 g/mol. The van der Waals surface area contributed by atoms with Crippen molar-refractivity contribution in [2.45, 2.75) is 23.9 Å². The highest BCUT2D eigenvalue weighted by Crippen LogP contribution is 2.53. The summed E-state index contributed by atoms with van der Waals surface area (Å²) in [6.45, 7) is 0. The second kappa shape index (κ2) is 10.8. The van der Waals surface area contributed by atoms with E-state index < -0.39 is 63.5 Å². The molecule has 0 saturated heterocycles. The Labute approximate surface area is 243 Å². The van der Waals surface area contributed by atoms with Crippen molar-refractivity contribution in [3.63, 3.8) is 0 Å². The van der Waals surface area contributed by atoms with E-state index in [4.69, 9.17) is 0 Å². The summed E-state index contributed by atoms with van der Waals surface area (Å²) in [5.41, 5.74) is 4.19. The molecule has 0 spiro atoms. The van der Waals surface area contributed by atoms with Crippen LogP contribution in [0.15, 0.2) is 97.1 Å². The van der Waals surface area contributed by atoms with Crippen LogP contribution in [0.5, 0.6) is 0 Å². The number of carbonyl (C=O) groups excluding carboxylic acids is 2. The first kappa shape index (κ1) is 26.7. The van der Waals surface area contributed by atoms with Crippen molar-refractivity contribution >= 4 is 51.4 Å². The van der Waals surface area contributed by atoms with E-state index in [1.807, 2.05) is 48.5 Å². The van der Waals surface area contributed by atoms with E-state index in [0.717, 1.165) is 22.3 Å². The first-order valence-corrected chi connectivity index (χ1v) is 18.1. The molecule has 0 fully saturated rings. The van der Waals surface area contributed by atoms with E-state index in [9.17, 15) is 21.9 Å². The summed E-state index contributed by atoms with van der Waals surface area (Å²) < 4.78 is 47.9. The summed E-state index contributed by atoms with van der Waals surface area (Å²) in [4.78, 5) is 27.3. The lowest BCUT2D eigenvalue weighted by molar-refractivity contribution is 0.0857. The molecule has 0 aliphatic heterocycles. The number of nitrogens with one attached hydrogen (secondary N) is 2. The maximum Gasteiger partial charge on any atom is 0.341 e. The quantitative estimate of drug-likeness (QED) is 0.247. The van der Waals surface area contributed by atoms with Gasteiger partial charge in [-0.15, -0.1) is 0 Å². The van der Waals surface area contributed by atoms with E-state index in [0.29, 0.717) is 0 Å². The summed E-state index contributed by atoms with van der Waals surface area (Å²) in [6.07, 6.45) is 0. The molecule has 2 unspecified atom stereocenters. The van der Waals surface area contributed by atoms with Gasteiger partial charge >= 0.3 is 39.6 Å². The van der Waals surface area contributed by atoms with Crippen molar-refractivity contribution in [2.75, 3.05) is 0 Å². The Bertz CT molecular complexity index is 1640. The van der Waals surface area contributed by atoms with E-state index in [1.165, 1.54) is 24.3 Å². The molecule has 202 valence electrons. The molecule has 2 atom stereocenters. The minimum atomic E-state index is -3.97. The number of halogens is 2. The molecule has 10 heteroatoms. The van der Waals surface area contributed by atoms with Crippen LogP contribution in [0.4, 0.5) is 0 Å². The van der Waals surface area contributed by atoms with Crippen LogP contribution in [-0.2, 0) is 12.3 Å². The molecule has 0 aromatic heterocycles. The minimum Gasteiger partial charge on any atom is -0.346 e. The predicted molar refractivity (Wildman–Crippen MR) is 160 cm³/mol. The van der Waals surface area contributed by atoms with Crippen molar-refractivity contribution < 1.29 is 21.9 Å². The molecule has 8 nitrogen and oxygen atoms in total. The first-order chi connectivity index (χ1) is 19.4. The maximum absolute atomic E-state index is 13.6. The summed E-state index contributed by atoms with van der Waals surface area (Å²) >= 11 is -7.94. The Morgan fingerprint density at radius 3 is 1.10 bits per heavy atom. The molecule has 4 aromatic carbocycles. The highest BCUT2D eigenvalue weighted by Gasteiger charge is 2.51. The molecule has 3 aliphatic carbocycles. The largest absolute Gasteiger partial charge is 0.346 e. The fourth-order valence-electron chi connectivity index (χ4n) is 6.04. The maximum atomic E-state index is 13.6. The van der Waals surface area contributed by atoms with Gasteiger partial charge < -0.3 is 10.6 Å². The van der Waals surface area contributed by atoms with Crippen molar-refractivity contribution in [1.29, 1.82) is 0 Å². The van der Waals surface area contributed by atoms with Gasteiger partial charge in [-0.3, -0.25) is 9.59 Å². The third-order valence-corrected chi connectivity index (χ3v) is 11.4. The van der Waals surface area contributed by atoms with Gasteiger partial charge in [0.05, 0.1) is 30.4 Å². The predicted octanol–water partition coefficient (Wildman–Crippen LogP) is 5.61. The van der Waals surface area contributed by atoms with Gasteiger partial charge in [-0.2, -0.15) is 0 Å². The second-order valence-corrected chi connectivity index (χ2v) is 14.4. The topological polar surface area (TPSA) is 126 Å². The van der Waals surface area contributed by atoms with Crippen LogP contribution in [0, 0.1) is 7.14 Å². The fraction of sp³-hybridized carbons (Fsp3) is 0.133. The van der Waals surface area contributed by atoms with E-state index in [2.05, 4.69) is 10.6 Å². The summed E-state index contributed by atoms with van der Waals surface area (Å²) in [5, 5.41) is 6.14. The SMILES string of the molecule is O=C(NC1C2c3ccccc3C(c3ccccc32)C1NC(=O)c1ccccc1I(=O)=O)c1ccccc1I(=O)=O. The molecule has 2 amide bonds. The average Bonchev–Trinajstić information content (AvgIpc) is 2.97. The molecule has 4 aromatic rings. The van der Waals surface area contributed by atoms with Gasteiger partial charge in [-0.25, -0.2) is 12.3 Å². The standard InChI is InChI=1S/C30H22I2N2O6/c35-29(21-13-5-7-15-23(21)31(37)38)33-27-25-17-9-1-2-10-18(17)26(20-12-4-3-11-19(20)25)28(27)34-30(36)22-14-6-8-16-24(22)32(39)40/h1-16,25-28H,(H,33,35)(H,34,36). The minimum absolute atomic E-state index is 0.00279. The molecule has 0 heterocycles. The van der Waals surface area contributed by atoms with Gasteiger partial charge in [0.15, 0.2) is 0 Å². The molecule has 7 rings (SSSR count). The third-order valence-electron chi connectivity index (χ3n) is 7.60. The Morgan fingerprint density at radius 2 is 0.775 bits per heavy atom. The Morgan fingerprint density at radius 1 is 0.475 bits per heavy atom. The molecule has 0 radical (unpaired) electrons. The van der Waals surface area contributed by atoms with Crippen molar-refractivity contribution in [3.8, 4) is 0 Å². The smallest absolute Gasteiger partial charge is 0.341 e. The first-order valence-electron chi connectivity index (χ1n) is 12.4. The van der Waals surface area contributed by atoms with Crippen molar-refractivity contribution in [1.82, 2.24) is 10.6 Å². The van der Waals surface area contributed by atoms with Gasteiger partial charge in [0.1, 0.15) is 0 Å². The summed E-state index contributed by atoms with van der Waals surface area (Å²) in [7, 11) is 0. The van der Waals surface area contributed by atoms with Crippen LogP contribution >= 0.6 is 39.6 Å². The zero-order chi connectivity index (χ0) is 28.0. The highest BCUT2D eigenvalue weighted by molar-refractivity contribution is 14.2. The number of benzene rings is 4. The van der Waals surface area contributed by atoms with Crippen LogP contribution in [0.3, 0.4) is 0 Å². The number of hydrogen-bond donors (Lipinski definition) is 2. The van der Waals surface area contributed by atoms with Crippen LogP contribution in [0.1, 0.15) is 54.8 Å². The van der Waals surface area contributed by atoms with E-state index in [1.54, 1.807) is 24.3 Å². The molecule has 0 saturated carbocycles. The van der Waals surface area contributed by atoms with Gasteiger partial charge in [0.25, 0.3) is 11.8 Å². The molecule has 2 bridgehead atoms. The fourth-order valence-corrected chi connectivity index (χ4v) is 8.84. The number of fused-ring (bicyclic) bond motifs is 1. The number of hydrogen-bond acceptors (Lipinski definition) is 6. The molecular formula is C30H22I2N2O6. The van der Waals surface area contributed by atoms with Crippen LogP contribution in [0.2, 0.25) is 0 Å². The van der Waals surface area contributed by atoms with Crippen LogP contribution < -0.4 is 10.6 Å². The lowest BCUT2D eigenvalue weighted by Gasteiger charge is -2.51. The normalized spacial score (nSPS) is 20.6. The number of carbonyl (C=O) groups is 2. The Hall–Kier alpha value is -3.52. The van der Waals surface area contributed by atoms with Gasteiger partial charge in [-0.05, 0) is 46.5 Å². The van der Waals surface area contributed by atoms with E-state index in [-0.39, 0.29) is 30.1 Å². The summed E-state index contributed by atoms with van der Waals surface area (Å²) in [5.74, 6) is -1.76. The third kappa shape index (κ3) is 4.52. The summed E-state index contributed by atoms with van der Waals surface area (Å²) in [6, 6.07) is 26.6. The molecule has 40 heavy (non-hydrogen) atoms. The lowest BCUT2D eigenvalue weighted by Crippen LogP contribution is -2.62. The second-order valence-electron chi connectivity index (χ2n) is 9.61. The van der Waals surface area contributed by atoms with E-state index >= 15 is 0 Å². The van der Waals surface area contributed by atoms with Crippen molar-refractivity contribution in [3.05, 3.63) is 138 Å². The van der Waals surface area contributed by atoms with Gasteiger partial charge in [0.2, 0.25) is 0 Å². The Balaban J connectivity index is 1.48. The zero-order valence-electron chi connectivity index (χ0n) is 20.8. The molecule has 2 N–H and O–H groups in total. The zero-order valence-corrected chi connectivity index (χ0v) is 25.1. The van der Waals surface area contributed by atoms with Gasteiger partial charge in [0, 0.05) is 11.8 Å². The number of amides is 2.